The van der Waals surface area contributed by atoms with Gasteiger partial charge in [0.25, 0.3) is 0 Å². The molecular weight excluding hydrogens is 1060 g/mol. The van der Waals surface area contributed by atoms with Crippen molar-refractivity contribution in [3.05, 3.63) is 376 Å². The Morgan fingerprint density at radius 3 is 0.614 bits per heavy atom. The number of benzene rings is 15. The normalized spacial score (nSPS) is 11.0. The highest BCUT2D eigenvalue weighted by atomic mass is 15.1. The van der Waals surface area contributed by atoms with Gasteiger partial charge in [-0.05, 0) is 196 Å². The van der Waals surface area contributed by atoms with Crippen molar-refractivity contribution < 1.29 is 0 Å². The molecule has 0 saturated carbocycles. The molecule has 0 N–H and O–H groups in total. The Morgan fingerprint density at radius 2 is 0.307 bits per heavy atom. The number of anilines is 6. The van der Waals surface area contributed by atoms with Crippen molar-refractivity contribution in [3.63, 3.8) is 0 Å². The third-order valence-corrected chi connectivity index (χ3v) is 16.5. The average molecular weight is 1120 g/mol. The summed E-state index contributed by atoms with van der Waals surface area (Å²) in [4.78, 5) is 4.65. The maximum Gasteiger partial charge on any atom is 0.0462 e. The van der Waals surface area contributed by atoms with Crippen LogP contribution in [0.15, 0.2) is 376 Å². The van der Waals surface area contributed by atoms with Crippen LogP contribution in [0.25, 0.3) is 99.4 Å². The van der Waals surface area contributed by atoms with E-state index in [1.807, 2.05) is 0 Å². The molecule has 0 bridgehead atoms. The summed E-state index contributed by atoms with van der Waals surface area (Å²) in [6, 6.07) is 135. The van der Waals surface area contributed by atoms with Gasteiger partial charge in [-0.2, -0.15) is 0 Å². The Morgan fingerprint density at radius 1 is 0.114 bits per heavy atom. The lowest BCUT2D eigenvalue weighted by atomic mass is 9.98. The van der Waals surface area contributed by atoms with Gasteiger partial charge in [0, 0.05) is 34.1 Å². The summed E-state index contributed by atoms with van der Waals surface area (Å²) in [6.07, 6.45) is 0. The quantitative estimate of drug-likeness (QED) is 0.114. The monoisotopic (exact) mass is 1120 g/mol. The van der Waals surface area contributed by atoms with Crippen LogP contribution in [0.2, 0.25) is 0 Å². The molecular formula is C86H62N2. The highest BCUT2D eigenvalue weighted by Crippen LogP contribution is 2.41. The predicted molar refractivity (Wildman–Crippen MR) is 375 cm³/mol. The van der Waals surface area contributed by atoms with E-state index in [-0.39, 0.29) is 0 Å². The first-order valence-corrected chi connectivity index (χ1v) is 30.1. The largest absolute Gasteiger partial charge is 0.311 e. The van der Waals surface area contributed by atoms with Gasteiger partial charge in [-0.3, -0.25) is 0 Å². The summed E-state index contributed by atoms with van der Waals surface area (Å²) in [5, 5.41) is 5.03. The lowest BCUT2D eigenvalue weighted by molar-refractivity contribution is 1.28. The highest BCUT2D eigenvalue weighted by molar-refractivity contribution is 5.90. The maximum atomic E-state index is 2.34. The minimum Gasteiger partial charge on any atom is -0.311 e. The molecule has 15 aromatic rings. The molecule has 15 aromatic carbocycles. The summed E-state index contributed by atoms with van der Waals surface area (Å²) in [7, 11) is 0. The third-order valence-electron chi connectivity index (χ3n) is 16.5. The molecule has 0 spiro atoms. The molecule has 2 nitrogen and oxygen atoms in total. The van der Waals surface area contributed by atoms with Crippen molar-refractivity contribution in [1.82, 2.24) is 0 Å². The minimum atomic E-state index is 1.11. The number of hydrogen-bond donors (Lipinski definition) is 0. The van der Waals surface area contributed by atoms with Crippen LogP contribution in [-0.2, 0) is 0 Å². The van der Waals surface area contributed by atoms with Crippen molar-refractivity contribution in [3.8, 4) is 77.9 Å². The van der Waals surface area contributed by atoms with E-state index in [1.165, 1.54) is 99.4 Å². The molecule has 0 radical (unpaired) electrons. The van der Waals surface area contributed by atoms with Crippen molar-refractivity contribution in [2.24, 2.45) is 0 Å². The highest BCUT2D eigenvalue weighted by Gasteiger charge is 2.16. The molecule has 416 valence electrons. The molecule has 2 heteroatoms. The topological polar surface area (TPSA) is 6.48 Å². The Labute approximate surface area is 516 Å². The molecule has 0 aliphatic heterocycles. The average Bonchev–Trinajstić information content (AvgIpc) is 2.60. The van der Waals surface area contributed by atoms with Gasteiger partial charge in [0.15, 0.2) is 0 Å². The van der Waals surface area contributed by atoms with Gasteiger partial charge in [0.2, 0.25) is 0 Å². The first-order valence-electron chi connectivity index (χ1n) is 30.1. The molecule has 0 saturated heterocycles. The lowest BCUT2D eigenvalue weighted by Gasteiger charge is -2.26. The van der Waals surface area contributed by atoms with Gasteiger partial charge in [0.05, 0.1) is 0 Å². The zero-order valence-corrected chi connectivity index (χ0v) is 48.7. The standard InChI is InChI=1S/C46H33N.C40H29N/c1-3-10-34(11-4-1)37-20-26-44(27-21-37)47(46-30-24-39(25-31-46)43-19-18-36-14-7-8-15-40(36)33-43)45-28-22-38(23-29-45)42-17-9-16-41(32-42)35-12-5-2-6-13-35;1-3-10-30(11-4-1)35-14-9-15-36(28-35)32-20-24-39(25-21-32)41(38-16-5-2-6-17-38)40-26-22-33(23-27-40)37-19-18-31-12-7-8-13-34(31)29-37/h1-33H;1-29H. The fourth-order valence-corrected chi connectivity index (χ4v) is 11.9. The van der Waals surface area contributed by atoms with Gasteiger partial charge in [0.1, 0.15) is 0 Å². The predicted octanol–water partition coefficient (Wildman–Crippen LogP) is 24.3. The smallest absolute Gasteiger partial charge is 0.0462 e. The molecule has 0 aliphatic carbocycles. The van der Waals surface area contributed by atoms with Crippen LogP contribution in [0.1, 0.15) is 0 Å². The van der Waals surface area contributed by atoms with Crippen molar-refractivity contribution in [2.75, 3.05) is 9.80 Å². The number of fused-ring (bicyclic) bond motifs is 2. The van der Waals surface area contributed by atoms with Crippen molar-refractivity contribution in [2.45, 2.75) is 0 Å². The van der Waals surface area contributed by atoms with E-state index in [0.717, 1.165) is 34.1 Å². The van der Waals surface area contributed by atoms with Gasteiger partial charge in [-0.1, -0.05) is 279 Å². The van der Waals surface area contributed by atoms with E-state index in [0.29, 0.717) is 0 Å². The molecule has 0 atom stereocenters. The van der Waals surface area contributed by atoms with Gasteiger partial charge < -0.3 is 9.80 Å². The Kier molecular flexibility index (Phi) is 15.6. The van der Waals surface area contributed by atoms with Gasteiger partial charge in [-0.15, -0.1) is 0 Å². The molecule has 0 aliphatic rings. The molecule has 0 fully saturated rings. The minimum absolute atomic E-state index is 1.11. The van der Waals surface area contributed by atoms with Crippen LogP contribution in [0.4, 0.5) is 34.1 Å². The van der Waals surface area contributed by atoms with Crippen LogP contribution in [0.5, 0.6) is 0 Å². The van der Waals surface area contributed by atoms with Crippen LogP contribution >= 0.6 is 0 Å². The SMILES string of the molecule is c1ccc(-c2ccc(N(c3ccc(-c4cccc(-c5ccccc5)c4)cc3)c3ccc(-c4ccc5ccccc5c4)cc3)cc2)cc1.c1ccc(-c2cccc(-c3ccc(N(c4ccccc4)c4ccc(-c5ccc6ccccc6c5)cc4)cc3)c2)cc1. The number of para-hydroxylation sites is 1. The third kappa shape index (κ3) is 12.1. The summed E-state index contributed by atoms with van der Waals surface area (Å²) in [6.45, 7) is 0. The lowest BCUT2D eigenvalue weighted by Crippen LogP contribution is -2.09. The van der Waals surface area contributed by atoms with Gasteiger partial charge >= 0.3 is 0 Å². The van der Waals surface area contributed by atoms with Crippen molar-refractivity contribution >= 4 is 55.7 Å². The molecule has 0 heterocycles. The number of rotatable bonds is 13. The number of hydrogen-bond acceptors (Lipinski definition) is 2. The summed E-state index contributed by atoms with van der Waals surface area (Å²) in [5.74, 6) is 0. The molecule has 15 rings (SSSR count). The molecule has 88 heavy (non-hydrogen) atoms. The van der Waals surface area contributed by atoms with E-state index in [2.05, 4.69) is 386 Å². The van der Waals surface area contributed by atoms with E-state index in [1.54, 1.807) is 0 Å². The second kappa shape index (κ2) is 25.3. The number of nitrogens with zero attached hydrogens (tertiary/aromatic N) is 2. The van der Waals surface area contributed by atoms with E-state index < -0.39 is 0 Å². The maximum absolute atomic E-state index is 2.34. The van der Waals surface area contributed by atoms with E-state index in [4.69, 9.17) is 0 Å². The van der Waals surface area contributed by atoms with Crippen LogP contribution in [0.3, 0.4) is 0 Å². The first kappa shape index (κ1) is 54.4. The molecule has 0 amide bonds. The summed E-state index contributed by atoms with van der Waals surface area (Å²) in [5.41, 5.74) is 23.7. The molecule has 0 aromatic heterocycles. The molecule has 0 unspecified atom stereocenters. The summed E-state index contributed by atoms with van der Waals surface area (Å²) < 4.78 is 0. The second-order valence-electron chi connectivity index (χ2n) is 22.1. The van der Waals surface area contributed by atoms with Crippen LogP contribution in [-0.4, -0.2) is 0 Å². The Hall–Kier alpha value is -11.6. The summed E-state index contributed by atoms with van der Waals surface area (Å²) >= 11 is 0. The van der Waals surface area contributed by atoms with Crippen molar-refractivity contribution in [1.29, 1.82) is 0 Å². The van der Waals surface area contributed by atoms with E-state index in [9.17, 15) is 0 Å². The van der Waals surface area contributed by atoms with E-state index >= 15 is 0 Å². The van der Waals surface area contributed by atoms with Gasteiger partial charge in [-0.25, -0.2) is 0 Å². The first-order chi connectivity index (χ1) is 43.6. The fourth-order valence-electron chi connectivity index (χ4n) is 11.9. The zero-order valence-electron chi connectivity index (χ0n) is 48.7. The van der Waals surface area contributed by atoms with Crippen LogP contribution < -0.4 is 9.80 Å². The zero-order chi connectivity index (χ0) is 58.9. The Balaban J connectivity index is 0.000000156. The second-order valence-corrected chi connectivity index (χ2v) is 22.1. The fraction of sp³-hybridized carbons (Fsp3) is 0. The van der Waals surface area contributed by atoms with Crippen LogP contribution in [0, 0.1) is 0 Å². The Bertz CT molecular complexity index is 4780.